The summed E-state index contributed by atoms with van der Waals surface area (Å²) in [6, 6.07) is 7.81. The molecule has 3 fully saturated rings. The van der Waals surface area contributed by atoms with Crippen LogP contribution in [0.15, 0.2) is 24.3 Å². The lowest BCUT2D eigenvalue weighted by Crippen LogP contribution is -2.54. The summed E-state index contributed by atoms with van der Waals surface area (Å²) in [6.07, 6.45) is 5.63. The van der Waals surface area contributed by atoms with Gasteiger partial charge in [-0.3, -0.25) is 4.79 Å². The van der Waals surface area contributed by atoms with E-state index in [9.17, 15) is 9.18 Å². The number of rotatable bonds is 3. The smallest absolute Gasteiger partial charge is 0.231 e. The molecule has 3 saturated heterocycles. The van der Waals surface area contributed by atoms with Crippen molar-refractivity contribution in [3.8, 4) is 0 Å². The molecule has 0 aromatic heterocycles. The Labute approximate surface area is 142 Å². The Hall–Kier alpha value is -1.46. The zero-order chi connectivity index (χ0) is 16.6. The van der Waals surface area contributed by atoms with Gasteiger partial charge in [0.05, 0.1) is 5.41 Å². The molecule has 5 heteroatoms. The number of halogens is 1. The molecule has 1 amide bonds. The molecule has 0 aliphatic carbocycles. The molecular weight excluding hydrogens is 307 g/mol. The van der Waals surface area contributed by atoms with Crippen LogP contribution < -0.4 is 10.6 Å². The number of benzene rings is 1. The topological polar surface area (TPSA) is 50.4 Å². The van der Waals surface area contributed by atoms with E-state index in [1.165, 1.54) is 25.0 Å². The zero-order valence-corrected chi connectivity index (χ0v) is 13.9. The van der Waals surface area contributed by atoms with Crippen molar-refractivity contribution in [2.75, 3.05) is 13.2 Å². The second-order valence-electron chi connectivity index (χ2n) is 7.48. The van der Waals surface area contributed by atoms with Crippen molar-refractivity contribution in [1.82, 2.24) is 10.6 Å². The standard InChI is InChI=1S/C19H25FN2O2/c20-14-3-1-2-13(10-14)19(6-8-24-9-7-19)18(23)22-17-11-15-4-5-16(12-17)21-15/h1-3,10,15-17,21H,4-9,11-12H2,(H,22,23). The summed E-state index contributed by atoms with van der Waals surface area (Å²) in [5.74, 6) is -0.242. The lowest BCUT2D eigenvalue weighted by atomic mass is 9.73. The van der Waals surface area contributed by atoms with Gasteiger partial charge in [0.15, 0.2) is 0 Å². The molecule has 2 atom stereocenters. The van der Waals surface area contributed by atoms with Gasteiger partial charge in [-0.1, -0.05) is 12.1 Å². The molecule has 3 heterocycles. The Morgan fingerprint density at radius 2 is 1.92 bits per heavy atom. The van der Waals surface area contributed by atoms with Gasteiger partial charge in [0.2, 0.25) is 5.91 Å². The molecule has 0 spiro atoms. The number of amides is 1. The molecule has 0 saturated carbocycles. The van der Waals surface area contributed by atoms with E-state index >= 15 is 0 Å². The number of piperidine rings is 1. The third-order valence-corrected chi connectivity index (χ3v) is 5.97. The van der Waals surface area contributed by atoms with Crippen LogP contribution in [0.4, 0.5) is 4.39 Å². The Balaban J connectivity index is 1.55. The number of nitrogens with one attached hydrogen (secondary N) is 2. The second kappa shape index (κ2) is 6.45. The number of carbonyl (C=O) groups is 1. The van der Waals surface area contributed by atoms with E-state index in [2.05, 4.69) is 10.6 Å². The minimum absolute atomic E-state index is 0.0442. The van der Waals surface area contributed by atoms with Crippen LogP contribution >= 0.6 is 0 Å². The van der Waals surface area contributed by atoms with Gasteiger partial charge in [0.25, 0.3) is 0 Å². The maximum atomic E-state index is 13.8. The first-order valence-electron chi connectivity index (χ1n) is 9.06. The highest BCUT2D eigenvalue weighted by atomic mass is 19.1. The van der Waals surface area contributed by atoms with E-state index in [1.54, 1.807) is 6.07 Å². The third-order valence-electron chi connectivity index (χ3n) is 5.97. The molecule has 1 aromatic rings. The number of hydrogen-bond acceptors (Lipinski definition) is 3. The number of fused-ring (bicyclic) bond motifs is 2. The lowest BCUT2D eigenvalue weighted by molar-refractivity contribution is -0.131. The van der Waals surface area contributed by atoms with Crippen LogP contribution in [0.2, 0.25) is 0 Å². The van der Waals surface area contributed by atoms with Gasteiger partial charge in [-0.15, -0.1) is 0 Å². The quantitative estimate of drug-likeness (QED) is 0.893. The average molecular weight is 332 g/mol. The van der Waals surface area contributed by atoms with Crippen LogP contribution in [0.1, 0.15) is 44.1 Å². The fourth-order valence-electron chi connectivity index (χ4n) is 4.65. The zero-order valence-electron chi connectivity index (χ0n) is 13.9. The minimum atomic E-state index is -0.662. The molecule has 3 aliphatic heterocycles. The predicted octanol–water partition coefficient (Wildman–Crippen LogP) is 2.27. The fourth-order valence-corrected chi connectivity index (χ4v) is 4.65. The van der Waals surface area contributed by atoms with Gasteiger partial charge < -0.3 is 15.4 Å². The Morgan fingerprint density at radius 3 is 2.58 bits per heavy atom. The van der Waals surface area contributed by atoms with Crippen molar-refractivity contribution in [3.05, 3.63) is 35.6 Å². The first-order valence-corrected chi connectivity index (χ1v) is 9.06. The molecule has 24 heavy (non-hydrogen) atoms. The molecule has 2 bridgehead atoms. The molecule has 1 aromatic carbocycles. The van der Waals surface area contributed by atoms with Crippen LogP contribution in [-0.4, -0.2) is 37.2 Å². The van der Waals surface area contributed by atoms with Crippen molar-refractivity contribution >= 4 is 5.91 Å². The summed E-state index contributed by atoms with van der Waals surface area (Å²) in [7, 11) is 0. The van der Waals surface area contributed by atoms with Crippen LogP contribution in [0.25, 0.3) is 0 Å². The SMILES string of the molecule is O=C(NC1CC2CCC(C1)N2)C1(c2cccc(F)c2)CCOCC1. The maximum Gasteiger partial charge on any atom is 0.231 e. The maximum absolute atomic E-state index is 13.8. The fraction of sp³-hybridized carbons (Fsp3) is 0.632. The van der Waals surface area contributed by atoms with E-state index in [-0.39, 0.29) is 17.8 Å². The lowest BCUT2D eigenvalue weighted by Gasteiger charge is -2.39. The van der Waals surface area contributed by atoms with Crippen molar-refractivity contribution in [2.45, 2.75) is 62.1 Å². The summed E-state index contributed by atoms with van der Waals surface area (Å²) < 4.78 is 19.2. The van der Waals surface area contributed by atoms with Gasteiger partial charge in [-0.05, 0) is 56.2 Å². The molecule has 4 rings (SSSR count). The monoisotopic (exact) mass is 332 g/mol. The molecular formula is C19H25FN2O2. The Bertz CT molecular complexity index is 603. The van der Waals surface area contributed by atoms with Crippen molar-refractivity contribution in [2.24, 2.45) is 0 Å². The van der Waals surface area contributed by atoms with Crippen LogP contribution in [0.5, 0.6) is 0 Å². The molecule has 130 valence electrons. The number of carbonyl (C=O) groups excluding carboxylic acids is 1. The number of ether oxygens (including phenoxy) is 1. The van der Waals surface area contributed by atoms with Gasteiger partial charge in [0.1, 0.15) is 5.82 Å². The molecule has 4 nitrogen and oxygen atoms in total. The molecule has 2 N–H and O–H groups in total. The Morgan fingerprint density at radius 1 is 1.21 bits per heavy atom. The largest absolute Gasteiger partial charge is 0.381 e. The summed E-state index contributed by atoms with van der Waals surface area (Å²) in [6.45, 7) is 1.09. The van der Waals surface area contributed by atoms with Crippen molar-refractivity contribution < 1.29 is 13.9 Å². The minimum Gasteiger partial charge on any atom is -0.381 e. The first-order chi connectivity index (χ1) is 11.7. The molecule has 0 radical (unpaired) electrons. The summed E-state index contributed by atoms with van der Waals surface area (Å²) in [4.78, 5) is 13.2. The highest BCUT2D eigenvalue weighted by molar-refractivity contribution is 5.88. The van der Waals surface area contributed by atoms with Gasteiger partial charge in [0, 0.05) is 31.3 Å². The molecule has 3 aliphatic rings. The van der Waals surface area contributed by atoms with E-state index < -0.39 is 5.41 Å². The molecule has 2 unspecified atom stereocenters. The normalized spacial score (nSPS) is 31.6. The summed E-state index contributed by atoms with van der Waals surface area (Å²) in [5, 5.41) is 6.89. The highest BCUT2D eigenvalue weighted by Gasteiger charge is 2.43. The second-order valence-corrected chi connectivity index (χ2v) is 7.48. The summed E-state index contributed by atoms with van der Waals surface area (Å²) in [5.41, 5.74) is 0.116. The van der Waals surface area contributed by atoms with E-state index in [0.717, 1.165) is 18.4 Å². The van der Waals surface area contributed by atoms with E-state index in [1.807, 2.05) is 6.07 Å². The first kappa shape index (κ1) is 16.0. The van der Waals surface area contributed by atoms with E-state index in [4.69, 9.17) is 4.74 Å². The van der Waals surface area contributed by atoms with Crippen LogP contribution in [0, 0.1) is 5.82 Å². The van der Waals surface area contributed by atoms with Crippen molar-refractivity contribution in [3.63, 3.8) is 0 Å². The number of hydrogen-bond donors (Lipinski definition) is 2. The van der Waals surface area contributed by atoms with Crippen LogP contribution in [0.3, 0.4) is 0 Å². The Kier molecular flexibility index (Phi) is 4.31. The average Bonchev–Trinajstić information content (AvgIpc) is 2.94. The third kappa shape index (κ3) is 2.95. The predicted molar refractivity (Wildman–Crippen MR) is 89.2 cm³/mol. The van der Waals surface area contributed by atoms with E-state index in [0.29, 0.717) is 38.1 Å². The van der Waals surface area contributed by atoms with Crippen molar-refractivity contribution in [1.29, 1.82) is 0 Å². The van der Waals surface area contributed by atoms with Gasteiger partial charge >= 0.3 is 0 Å². The highest BCUT2D eigenvalue weighted by Crippen LogP contribution is 2.36. The summed E-state index contributed by atoms with van der Waals surface area (Å²) >= 11 is 0. The van der Waals surface area contributed by atoms with Gasteiger partial charge in [-0.2, -0.15) is 0 Å². The van der Waals surface area contributed by atoms with Crippen LogP contribution in [-0.2, 0) is 14.9 Å². The van der Waals surface area contributed by atoms with Gasteiger partial charge in [-0.25, -0.2) is 4.39 Å².